The van der Waals surface area contributed by atoms with E-state index in [1.54, 1.807) is 24.3 Å². The van der Waals surface area contributed by atoms with Crippen LogP contribution in [0.4, 0.5) is 14.5 Å². The van der Waals surface area contributed by atoms with Crippen molar-refractivity contribution in [3.05, 3.63) is 73.5 Å². The van der Waals surface area contributed by atoms with Crippen molar-refractivity contribution < 1.29 is 27.5 Å². The first kappa shape index (κ1) is 24.7. The number of benzene rings is 1. The molecule has 3 N–H and O–H groups in total. The van der Waals surface area contributed by atoms with E-state index in [1.807, 2.05) is 0 Å². The Bertz CT molecular complexity index is 1500. The summed E-state index contributed by atoms with van der Waals surface area (Å²) >= 11 is 10.3. The molecular weight excluding hydrogens is 580 g/mol. The van der Waals surface area contributed by atoms with Crippen LogP contribution in [0.5, 0.6) is 5.75 Å². The number of hydrogen-bond acceptors (Lipinski definition) is 6. The van der Waals surface area contributed by atoms with E-state index in [2.05, 4.69) is 26.2 Å². The summed E-state index contributed by atoms with van der Waals surface area (Å²) in [5.41, 5.74) is 5.94. The highest BCUT2D eigenvalue weighted by Gasteiger charge is 2.32. The van der Waals surface area contributed by atoms with Crippen LogP contribution < -0.4 is 15.8 Å². The van der Waals surface area contributed by atoms with E-state index in [0.29, 0.717) is 27.5 Å². The van der Waals surface area contributed by atoms with Crippen LogP contribution in [0.3, 0.4) is 0 Å². The number of primary amides is 1. The lowest BCUT2D eigenvalue weighted by molar-refractivity contribution is 0.0992. The average Bonchev–Trinajstić information content (AvgIpc) is 3.45. The van der Waals surface area contributed by atoms with Crippen molar-refractivity contribution >= 4 is 66.6 Å². The van der Waals surface area contributed by atoms with E-state index in [-0.39, 0.29) is 39.4 Å². The predicted molar refractivity (Wildman–Crippen MR) is 135 cm³/mol. The van der Waals surface area contributed by atoms with Gasteiger partial charge in [-0.05, 0) is 60.7 Å². The number of amides is 2. The van der Waals surface area contributed by atoms with Crippen molar-refractivity contribution in [2.45, 2.75) is 31.8 Å². The van der Waals surface area contributed by atoms with E-state index < -0.39 is 18.2 Å². The Kier molecular flexibility index (Phi) is 6.71. The number of nitrogens with zero attached hydrogens (tertiary/aromatic N) is 1. The molecule has 1 aliphatic rings. The van der Waals surface area contributed by atoms with E-state index in [9.17, 15) is 18.4 Å². The second-order valence-corrected chi connectivity index (χ2v) is 10.5. The molecule has 0 unspecified atom stereocenters. The first-order valence-electron chi connectivity index (χ1n) is 10.7. The number of aromatic nitrogens is 1. The molecule has 1 aliphatic carbocycles. The third-order valence-corrected chi connectivity index (χ3v) is 7.45. The summed E-state index contributed by atoms with van der Waals surface area (Å²) in [6.07, 6.45) is -1.12. The highest BCUT2D eigenvalue weighted by atomic mass is 79.9. The first-order chi connectivity index (χ1) is 17.2. The monoisotopic (exact) mass is 595 g/mol. The minimum absolute atomic E-state index is 0.0225. The molecule has 186 valence electrons. The number of halogens is 4. The lowest BCUT2D eigenvalue weighted by Crippen LogP contribution is -2.16. The fourth-order valence-corrected chi connectivity index (χ4v) is 5.51. The Labute approximate surface area is 220 Å². The van der Waals surface area contributed by atoms with Gasteiger partial charge in [0.25, 0.3) is 18.2 Å². The SMILES string of the molecule is NC(=O)c1sc2nc(C(F)F)cc(C3CC3)c2c1NC(=O)c1ccc(COc2ccc(Br)cc2Cl)o1. The van der Waals surface area contributed by atoms with Crippen molar-refractivity contribution in [1.82, 2.24) is 4.98 Å². The number of pyridine rings is 1. The van der Waals surface area contributed by atoms with E-state index in [4.69, 9.17) is 26.5 Å². The summed E-state index contributed by atoms with van der Waals surface area (Å²) in [6, 6.07) is 9.54. The second-order valence-electron chi connectivity index (χ2n) is 8.15. The molecule has 5 rings (SSSR count). The van der Waals surface area contributed by atoms with Crippen LogP contribution in [0.2, 0.25) is 5.02 Å². The van der Waals surface area contributed by atoms with Gasteiger partial charge in [0.2, 0.25) is 0 Å². The van der Waals surface area contributed by atoms with Crippen LogP contribution in [0.15, 0.2) is 45.3 Å². The van der Waals surface area contributed by atoms with Crippen LogP contribution in [0.25, 0.3) is 10.2 Å². The highest BCUT2D eigenvalue weighted by molar-refractivity contribution is 9.10. The number of alkyl halides is 2. The fraction of sp³-hybridized carbons (Fsp3) is 0.208. The number of ether oxygens (including phenoxy) is 1. The summed E-state index contributed by atoms with van der Waals surface area (Å²) in [7, 11) is 0. The Balaban J connectivity index is 1.41. The number of nitrogens with two attached hydrogens (primary N) is 1. The van der Waals surface area contributed by atoms with Gasteiger partial charge in [0, 0.05) is 9.86 Å². The summed E-state index contributed by atoms with van der Waals surface area (Å²) in [5.74, 6) is -0.599. The lowest BCUT2D eigenvalue weighted by Gasteiger charge is -2.09. The molecule has 1 aromatic carbocycles. The number of anilines is 1. The maximum atomic E-state index is 13.4. The van der Waals surface area contributed by atoms with E-state index >= 15 is 0 Å². The first-order valence-corrected chi connectivity index (χ1v) is 12.7. The molecule has 0 bridgehead atoms. The molecule has 2 amide bonds. The maximum Gasteiger partial charge on any atom is 0.291 e. The molecule has 0 aliphatic heterocycles. The molecule has 7 nitrogen and oxygen atoms in total. The van der Waals surface area contributed by atoms with Gasteiger partial charge in [0.05, 0.1) is 10.7 Å². The van der Waals surface area contributed by atoms with E-state index in [0.717, 1.165) is 28.7 Å². The number of carbonyl (C=O) groups is 2. The Hall–Kier alpha value is -3.02. The molecule has 0 atom stereocenters. The number of fused-ring (bicyclic) bond motifs is 1. The molecular formula is C24H17BrClF2N3O4S. The van der Waals surface area contributed by atoms with E-state index in [1.165, 1.54) is 12.1 Å². The number of furan rings is 1. The van der Waals surface area contributed by atoms with Gasteiger partial charge in [0.15, 0.2) is 5.76 Å². The number of rotatable bonds is 8. The minimum Gasteiger partial charge on any atom is -0.484 e. The minimum atomic E-state index is -2.76. The third kappa shape index (κ3) is 4.95. The smallest absolute Gasteiger partial charge is 0.291 e. The maximum absolute atomic E-state index is 13.4. The molecule has 1 fully saturated rings. The summed E-state index contributed by atoms with van der Waals surface area (Å²) in [4.78, 5) is 29.4. The van der Waals surface area contributed by atoms with Gasteiger partial charge >= 0.3 is 0 Å². The molecule has 3 aromatic heterocycles. The highest BCUT2D eigenvalue weighted by Crippen LogP contribution is 2.48. The zero-order valence-corrected chi connectivity index (χ0v) is 21.5. The third-order valence-electron chi connectivity index (χ3n) is 5.56. The molecule has 1 saturated carbocycles. The number of nitrogens with one attached hydrogen (secondary N) is 1. The second kappa shape index (κ2) is 9.79. The Morgan fingerprint density at radius 1 is 1.28 bits per heavy atom. The van der Waals surface area contributed by atoms with Crippen LogP contribution in [-0.2, 0) is 6.61 Å². The summed E-state index contributed by atoms with van der Waals surface area (Å²) in [5, 5.41) is 3.55. The predicted octanol–water partition coefficient (Wildman–Crippen LogP) is 7.05. The largest absolute Gasteiger partial charge is 0.484 e. The van der Waals surface area contributed by atoms with Crippen molar-refractivity contribution in [1.29, 1.82) is 0 Å². The van der Waals surface area contributed by atoms with Gasteiger partial charge in [-0.25, -0.2) is 13.8 Å². The molecule has 4 aromatic rings. The van der Waals surface area contributed by atoms with Gasteiger partial charge in [-0.2, -0.15) is 0 Å². The van der Waals surface area contributed by atoms with Gasteiger partial charge in [-0.1, -0.05) is 27.5 Å². The average molecular weight is 597 g/mol. The van der Waals surface area contributed by atoms with Crippen molar-refractivity contribution in [2.24, 2.45) is 5.73 Å². The van der Waals surface area contributed by atoms with Crippen molar-refractivity contribution in [3.8, 4) is 5.75 Å². The molecule has 0 radical (unpaired) electrons. The number of thiophene rings is 1. The van der Waals surface area contributed by atoms with Gasteiger partial charge in [0.1, 0.15) is 33.5 Å². The lowest BCUT2D eigenvalue weighted by atomic mass is 10.0. The quantitative estimate of drug-likeness (QED) is 0.227. The molecule has 0 spiro atoms. The van der Waals surface area contributed by atoms with Crippen LogP contribution in [-0.4, -0.2) is 16.8 Å². The van der Waals surface area contributed by atoms with Gasteiger partial charge in [-0.15, -0.1) is 11.3 Å². The number of hydrogen-bond donors (Lipinski definition) is 2. The summed E-state index contributed by atoms with van der Waals surface area (Å²) < 4.78 is 38.9. The van der Waals surface area contributed by atoms with Gasteiger partial charge < -0.3 is 20.2 Å². The molecule has 3 heterocycles. The van der Waals surface area contributed by atoms with Crippen LogP contribution in [0.1, 0.15) is 62.4 Å². The number of carbonyl (C=O) groups excluding carboxylic acids is 2. The van der Waals surface area contributed by atoms with Crippen LogP contribution in [0, 0.1) is 0 Å². The Morgan fingerprint density at radius 3 is 2.72 bits per heavy atom. The van der Waals surface area contributed by atoms with Crippen LogP contribution >= 0.6 is 38.9 Å². The zero-order valence-electron chi connectivity index (χ0n) is 18.3. The van der Waals surface area contributed by atoms with Crippen molar-refractivity contribution in [2.75, 3.05) is 5.32 Å². The fourth-order valence-electron chi connectivity index (χ4n) is 3.76. The zero-order chi connectivity index (χ0) is 25.6. The van der Waals surface area contributed by atoms with Gasteiger partial charge in [-0.3, -0.25) is 9.59 Å². The Morgan fingerprint density at radius 2 is 2.06 bits per heavy atom. The molecule has 36 heavy (non-hydrogen) atoms. The standard InChI is InChI=1S/C24H17BrClF2N3O4S/c25-11-3-5-16(14(26)7-11)34-9-12-4-6-17(35-12)23(33)31-19-18-13(10-1-2-10)8-15(21(27)28)30-24(18)36-20(19)22(29)32/h3-8,10,21H,1-2,9H2,(H2,29,32)(H,31,33). The molecule has 0 saturated heterocycles. The molecule has 12 heteroatoms. The summed E-state index contributed by atoms with van der Waals surface area (Å²) in [6.45, 7) is 0.0225. The topological polar surface area (TPSA) is 107 Å². The van der Waals surface area contributed by atoms with Crippen molar-refractivity contribution in [3.63, 3.8) is 0 Å². The normalized spacial score (nSPS) is 13.4.